The molecule has 1 rings (SSSR count). The maximum Gasteiger partial charge on any atom is 0.302 e. The van der Waals surface area contributed by atoms with Gasteiger partial charge in [-0.1, -0.05) is 0 Å². The Bertz CT molecular complexity index is 160. The van der Waals surface area contributed by atoms with Crippen molar-refractivity contribution in [2.24, 2.45) is 5.92 Å². The summed E-state index contributed by atoms with van der Waals surface area (Å²) >= 11 is 0. The predicted octanol–water partition coefficient (Wildman–Crippen LogP) is 1.75. The topological polar surface area (TPSA) is 35.5 Å². The summed E-state index contributed by atoms with van der Waals surface area (Å²) in [6.45, 7) is 2.05. The molecule has 76 valence electrons. The molecule has 0 unspecified atom stereocenters. The van der Waals surface area contributed by atoms with Gasteiger partial charge in [0.2, 0.25) is 0 Å². The fraction of sp³-hybridized carbons (Fsp3) is 0.900. The summed E-state index contributed by atoms with van der Waals surface area (Å²) in [6, 6.07) is 0. The molecule has 0 bridgehead atoms. The highest BCUT2D eigenvalue weighted by molar-refractivity contribution is 5.65. The Morgan fingerprint density at radius 2 is 1.92 bits per heavy atom. The van der Waals surface area contributed by atoms with Crippen molar-refractivity contribution >= 4 is 5.97 Å². The van der Waals surface area contributed by atoms with Crippen LogP contribution in [0.15, 0.2) is 0 Å². The second-order valence-electron chi connectivity index (χ2n) is 3.68. The van der Waals surface area contributed by atoms with Gasteiger partial charge in [0.25, 0.3) is 0 Å². The molecule has 3 heteroatoms. The summed E-state index contributed by atoms with van der Waals surface area (Å²) < 4.78 is 10.2. The molecule has 1 aliphatic carbocycles. The number of esters is 1. The van der Waals surface area contributed by atoms with Gasteiger partial charge in [0.05, 0.1) is 12.7 Å². The third-order valence-corrected chi connectivity index (χ3v) is 2.65. The lowest BCUT2D eigenvalue weighted by Crippen LogP contribution is -2.23. The molecule has 0 amide bonds. The molecule has 1 fully saturated rings. The van der Waals surface area contributed by atoms with E-state index in [1.807, 2.05) is 0 Å². The third kappa shape index (κ3) is 3.77. The van der Waals surface area contributed by atoms with Crippen molar-refractivity contribution in [2.75, 3.05) is 13.7 Å². The normalized spacial score (nSPS) is 28.5. The quantitative estimate of drug-likeness (QED) is 0.630. The van der Waals surface area contributed by atoms with E-state index in [0.29, 0.717) is 18.6 Å². The van der Waals surface area contributed by atoms with Crippen molar-refractivity contribution in [3.8, 4) is 0 Å². The van der Waals surface area contributed by atoms with Gasteiger partial charge in [0, 0.05) is 14.0 Å². The number of hydrogen-bond acceptors (Lipinski definition) is 3. The molecule has 0 aromatic heterocycles. The molecule has 0 spiro atoms. The average Bonchev–Trinajstić information content (AvgIpc) is 2.15. The molecule has 0 atom stereocenters. The first-order valence-electron chi connectivity index (χ1n) is 4.88. The lowest BCUT2D eigenvalue weighted by molar-refractivity contribution is -0.142. The van der Waals surface area contributed by atoms with Gasteiger partial charge in [-0.05, 0) is 31.6 Å². The number of carbonyl (C=O) groups is 1. The summed E-state index contributed by atoms with van der Waals surface area (Å²) in [7, 11) is 1.76. The van der Waals surface area contributed by atoms with Gasteiger partial charge in [0.15, 0.2) is 0 Å². The molecular weight excluding hydrogens is 168 g/mol. The highest BCUT2D eigenvalue weighted by Crippen LogP contribution is 2.25. The van der Waals surface area contributed by atoms with Crippen LogP contribution in [-0.4, -0.2) is 25.8 Å². The highest BCUT2D eigenvalue weighted by Gasteiger charge is 2.21. The number of carbonyl (C=O) groups excluding carboxylic acids is 1. The lowest BCUT2D eigenvalue weighted by Gasteiger charge is -2.26. The Hall–Kier alpha value is -0.570. The summed E-state index contributed by atoms with van der Waals surface area (Å²) in [5.74, 6) is 0.379. The predicted molar refractivity (Wildman–Crippen MR) is 49.4 cm³/mol. The second kappa shape index (κ2) is 5.22. The maximum atomic E-state index is 10.6. The van der Waals surface area contributed by atoms with Gasteiger partial charge >= 0.3 is 5.97 Å². The van der Waals surface area contributed by atoms with Crippen molar-refractivity contribution in [3.05, 3.63) is 0 Å². The van der Waals surface area contributed by atoms with Gasteiger partial charge < -0.3 is 9.47 Å². The molecule has 0 heterocycles. The van der Waals surface area contributed by atoms with Crippen molar-refractivity contribution in [3.63, 3.8) is 0 Å². The van der Waals surface area contributed by atoms with Crippen molar-refractivity contribution in [1.29, 1.82) is 0 Å². The minimum Gasteiger partial charge on any atom is -0.466 e. The monoisotopic (exact) mass is 186 g/mol. The fourth-order valence-corrected chi connectivity index (χ4v) is 1.77. The van der Waals surface area contributed by atoms with Crippen LogP contribution < -0.4 is 0 Å². The summed E-state index contributed by atoms with van der Waals surface area (Å²) in [5, 5.41) is 0. The van der Waals surface area contributed by atoms with E-state index in [-0.39, 0.29) is 5.97 Å². The van der Waals surface area contributed by atoms with Gasteiger partial charge in [-0.2, -0.15) is 0 Å². The Kier molecular flexibility index (Phi) is 4.22. The largest absolute Gasteiger partial charge is 0.466 e. The standard InChI is InChI=1S/C10H18O3/c1-8(11)13-7-9-3-5-10(12-2)6-4-9/h9-10H,3-7H2,1-2H3. The summed E-state index contributed by atoms with van der Waals surface area (Å²) in [5.41, 5.74) is 0. The SMILES string of the molecule is COC1CCC(COC(C)=O)CC1. The summed E-state index contributed by atoms with van der Waals surface area (Å²) in [4.78, 5) is 10.6. The minimum atomic E-state index is -0.172. The van der Waals surface area contributed by atoms with E-state index >= 15 is 0 Å². The van der Waals surface area contributed by atoms with Crippen LogP contribution in [0.25, 0.3) is 0 Å². The lowest BCUT2D eigenvalue weighted by atomic mass is 9.88. The molecule has 0 aromatic rings. The first kappa shape index (κ1) is 10.5. The minimum absolute atomic E-state index is 0.172. The van der Waals surface area contributed by atoms with Gasteiger partial charge in [0.1, 0.15) is 0 Å². The van der Waals surface area contributed by atoms with Crippen LogP contribution >= 0.6 is 0 Å². The van der Waals surface area contributed by atoms with E-state index in [0.717, 1.165) is 25.7 Å². The fourth-order valence-electron chi connectivity index (χ4n) is 1.77. The first-order chi connectivity index (χ1) is 6.22. The van der Waals surface area contributed by atoms with Crippen LogP contribution in [0, 0.1) is 5.92 Å². The second-order valence-corrected chi connectivity index (χ2v) is 3.68. The maximum absolute atomic E-state index is 10.6. The molecule has 0 N–H and O–H groups in total. The number of ether oxygens (including phenoxy) is 2. The van der Waals surface area contributed by atoms with E-state index in [1.165, 1.54) is 6.92 Å². The molecule has 3 nitrogen and oxygen atoms in total. The Balaban J connectivity index is 2.14. The molecular formula is C10H18O3. The molecule has 1 saturated carbocycles. The first-order valence-corrected chi connectivity index (χ1v) is 4.88. The van der Waals surface area contributed by atoms with E-state index in [4.69, 9.17) is 9.47 Å². The van der Waals surface area contributed by atoms with E-state index in [1.54, 1.807) is 7.11 Å². The van der Waals surface area contributed by atoms with Crippen LogP contribution in [0.1, 0.15) is 32.6 Å². The van der Waals surface area contributed by atoms with Crippen LogP contribution in [-0.2, 0) is 14.3 Å². The van der Waals surface area contributed by atoms with Gasteiger partial charge in [-0.25, -0.2) is 0 Å². The Morgan fingerprint density at radius 1 is 1.31 bits per heavy atom. The molecule has 13 heavy (non-hydrogen) atoms. The zero-order valence-electron chi connectivity index (χ0n) is 8.41. The molecule has 0 radical (unpaired) electrons. The van der Waals surface area contributed by atoms with Crippen LogP contribution in [0.2, 0.25) is 0 Å². The van der Waals surface area contributed by atoms with E-state index in [2.05, 4.69) is 0 Å². The summed E-state index contributed by atoms with van der Waals surface area (Å²) in [6.07, 6.45) is 4.86. The van der Waals surface area contributed by atoms with Crippen molar-refractivity contribution < 1.29 is 14.3 Å². The molecule has 0 aromatic carbocycles. The van der Waals surface area contributed by atoms with Crippen molar-refractivity contribution in [1.82, 2.24) is 0 Å². The Morgan fingerprint density at radius 3 is 2.38 bits per heavy atom. The third-order valence-electron chi connectivity index (χ3n) is 2.65. The van der Waals surface area contributed by atoms with Crippen LogP contribution in [0.4, 0.5) is 0 Å². The van der Waals surface area contributed by atoms with E-state index < -0.39 is 0 Å². The molecule has 0 saturated heterocycles. The highest BCUT2D eigenvalue weighted by atomic mass is 16.5. The molecule has 0 aliphatic heterocycles. The molecule has 1 aliphatic rings. The zero-order chi connectivity index (χ0) is 9.68. The van der Waals surface area contributed by atoms with Crippen LogP contribution in [0.5, 0.6) is 0 Å². The van der Waals surface area contributed by atoms with Gasteiger partial charge in [-0.3, -0.25) is 4.79 Å². The number of hydrogen-bond donors (Lipinski definition) is 0. The van der Waals surface area contributed by atoms with Crippen molar-refractivity contribution in [2.45, 2.75) is 38.7 Å². The Labute approximate surface area is 79.4 Å². The average molecular weight is 186 g/mol. The number of rotatable bonds is 3. The smallest absolute Gasteiger partial charge is 0.302 e. The van der Waals surface area contributed by atoms with Gasteiger partial charge in [-0.15, -0.1) is 0 Å². The zero-order valence-corrected chi connectivity index (χ0v) is 8.41. The number of methoxy groups -OCH3 is 1. The van der Waals surface area contributed by atoms with E-state index in [9.17, 15) is 4.79 Å². The van der Waals surface area contributed by atoms with Crippen LogP contribution in [0.3, 0.4) is 0 Å².